The largest absolute Gasteiger partial charge is 0.446 e. The number of hydrogen-bond donors (Lipinski definition) is 3. The molecule has 1 aromatic heterocycles. The maximum Gasteiger partial charge on any atom is 0.273 e. The van der Waals surface area contributed by atoms with Crippen LogP contribution >= 0.6 is 0 Å². The highest BCUT2D eigenvalue weighted by Gasteiger charge is 2.37. The smallest absolute Gasteiger partial charge is 0.273 e. The van der Waals surface area contributed by atoms with Gasteiger partial charge < -0.3 is 25.3 Å². The molecule has 1 saturated heterocycles. The van der Waals surface area contributed by atoms with Gasteiger partial charge in [0, 0.05) is 13.0 Å². The first-order valence-electron chi connectivity index (χ1n) is 13.0. The highest BCUT2D eigenvalue weighted by Crippen LogP contribution is 2.32. The Morgan fingerprint density at radius 3 is 2.31 bits per heavy atom. The summed E-state index contributed by atoms with van der Waals surface area (Å²) in [5.74, 6) is 1.74. The van der Waals surface area contributed by atoms with Crippen LogP contribution in [0.1, 0.15) is 65.8 Å². The van der Waals surface area contributed by atoms with Gasteiger partial charge in [0.1, 0.15) is 18.3 Å². The summed E-state index contributed by atoms with van der Waals surface area (Å²) in [6, 6.07) is 17.2. The fourth-order valence-electron chi connectivity index (χ4n) is 4.63. The molecule has 4 rings (SSSR count). The number of carbonyl (C=O) groups is 3. The first-order valence-corrected chi connectivity index (χ1v) is 13.0. The fraction of sp³-hybridized carbons (Fsp3) is 0.333. The molecular weight excluding hydrogens is 494 g/mol. The van der Waals surface area contributed by atoms with E-state index >= 15 is 0 Å². The van der Waals surface area contributed by atoms with Crippen LogP contribution in [-0.4, -0.2) is 53.3 Å². The van der Waals surface area contributed by atoms with E-state index in [9.17, 15) is 14.4 Å². The van der Waals surface area contributed by atoms with E-state index in [1.165, 1.54) is 6.26 Å². The second-order valence-corrected chi connectivity index (χ2v) is 9.47. The molecule has 2 aromatic carbocycles. The van der Waals surface area contributed by atoms with Crippen LogP contribution in [0.3, 0.4) is 0 Å². The average molecular weight is 528 g/mol. The maximum absolute atomic E-state index is 13.4. The molecule has 1 aliphatic rings. The Bertz CT molecular complexity index is 1280. The number of benzene rings is 2. The van der Waals surface area contributed by atoms with Crippen LogP contribution in [0.2, 0.25) is 0 Å². The third kappa shape index (κ3) is 6.54. The summed E-state index contributed by atoms with van der Waals surface area (Å²) in [4.78, 5) is 45.2. The first kappa shape index (κ1) is 27.6. The molecule has 1 fully saturated rings. The van der Waals surface area contributed by atoms with E-state index in [0.717, 1.165) is 17.5 Å². The molecule has 0 saturated carbocycles. The zero-order valence-corrected chi connectivity index (χ0v) is 22.1. The quantitative estimate of drug-likeness (QED) is 0.349. The highest BCUT2D eigenvalue weighted by atomic mass is 16.3. The topological polar surface area (TPSA) is 117 Å². The van der Waals surface area contributed by atoms with Gasteiger partial charge >= 0.3 is 0 Å². The SMILES string of the molecule is C#CC[C@H](NC(=O)[C@H](C)NC)C(=O)N1CCC[C@H]1c1nc(C(=O)NC(c2ccccc2)c2ccccc2)co1. The molecule has 3 amide bonds. The van der Waals surface area contributed by atoms with Crippen molar-refractivity contribution in [3.8, 4) is 12.3 Å². The van der Waals surface area contributed by atoms with E-state index in [4.69, 9.17) is 10.8 Å². The van der Waals surface area contributed by atoms with Crippen molar-refractivity contribution in [2.75, 3.05) is 13.6 Å². The van der Waals surface area contributed by atoms with Crippen molar-refractivity contribution in [1.29, 1.82) is 0 Å². The number of likely N-dealkylation sites (N-methyl/N-ethyl adjacent to an activating group) is 1. The van der Waals surface area contributed by atoms with Crippen LogP contribution in [0.5, 0.6) is 0 Å². The third-order valence-corrected chi connectivity index (χ3v) is 6.88. The molecule has 0 aliphatic carbocycles. The molecule has 9 heteroatoms. The van der Waals surface area contributed by atoms with Crippen LogP contribution in [-0.2, 0) is 9.59 Å². The van der Waals surface area contributed by atoms with Crippen molar-refractivity contribution < 1.29 is 18.8 Å². The van der Waals surface area contributed by atoms with E-state index in [1.54, 1.807) is 18.9 Å². The van der Waals surface area contributed by atoms with Gasteiger partial charge in [0.2, 0.25) is 17.7 Å². The molecule has 3 atom stereocenters. The molecule has 2 heterocycles. The van der Waals surface area contributed by atoms with Gasteiger partial charge in [-0.15, -0.1) is 12.3 Å². The molecular formula is C30H33N5O4. The van der Waals surface area contributed by atoms with Gasteiger partial charge in [0.05, 0.1) is 12.1 Å². The summed E-state index contributed by atoms with van der Waals surface area (Å²) in [7, 11) is 1.66. The lowest BCUT2D eigenvalue weighted by atomic mass is 9.98. The summed E-state index contributed by atoms with van der Waals surface area (Å²) in [5, 5.41) is 8.65. The molecule has 3 aromatic rings. The number of rotatable bonds is 10. The minimum atomic E-state index is -0.867. The Morgan fingerprint density at radius 1 is 1.08 bits per heavy atom. The number of oxazole rings is 1. The van der Waals surface area contributed by atoms with Crippen LogP contribution < -0.4 is 16.0 Å². The number of hydrogen-bond acceptors (Lipinski definition) is 6. The summed E-state index contributed by atoms with van der Waals surface area (Å²) in [5.41, 5.74) is 1.99. The van der Waals surface area contributed by atoms with Crippen LogP contribution in [0.4, 0.5) is 0 Å². The summed E-state index contributed by atoms with van der Waals surface area (Å²) < 4.78 is 5.72. The third-order valence-electron chi connectivity index (χ3n) is 6.88. The first-order chi connectivity index (χ1) is 18.9. The Morgan fingerprint density at radius 2 is 1.72 bits per heavy atom. The minimum Gasteiger partial charge on any atom is -0.446 e. The van der Waals surface area contributed by atoms with Crippen LogP contribution in [0, 0.1) is 12.3 Å². The van der Waals surface area contributed by atoms with Gasteiger partial charge in [-0.05, 0) is 37.9 Å². The van der Waals surface area contributed by atoms with Gasteiger partial charge in [-0.1, -0.05) is 60.7 Å². The van der Waals surface area contributed by atoms with Gasteiger partial charge in [-0.2, -0.15) is 0 Å². The van der Waals surface area contributed by atoms with Crippen molar-refractivity contribution in [2.45, 2.75) is 50.4 Å². The standard InChI is InChI=1S/C30H33N5O4/c1-4-12-23(32-27(36)20(2)31-3)30(38)35-18-11-17-25(35)29-33-24(19-39-29)28(37)34-26(21-13-7-5-8-14-21)22-15-9-6-10-16-22/h1,5-10,13-16,19-20,23,25-26,31H,11-12,17-18H2,2-3H3,(H,32,36)(H,34,37)/t20-,23-,25-/m0/s1. The monoisotopic (exact) mass is 527 g/mol. The fourth-order valence-corrected chi connectivity index (χ4v) is 4.63. The maximum atomic E-state index is 13.4. The molecule has 3 N–H and O–H groups in total. The number of nitrogens with zero attached hydrogens (tertiary/aromatic N) is 2. The Labute approximate surface area is 228 Å². The van der Waals surface area contributed by atoms with E-state index < -0.39 is 24.0 Å². The Balaban J connectivity index is 1.50. The van der Waals surface area contributed by atoms with Crippen molar-refractivity contribution in [3.63, 3.8) is 0 Å². The van der Waals surface area contributed by atoms with Crippen molar-refractivity contribution in [2.24, 2.45) is 0 Å². The van der Waals surface area contributed by atoms with Crippen molar-refractivity contribution in [3.05, 3.63) is 89.6 Å². The molecule has 9 nitrogen and oxygen atoms in total. The number of terminal acetylenes is 1. The van der Waals surface area contributed by atoms with Crippen molar-refractivity contribution in [1.82, 2.24) is 25.8 Å². The lowest BCUT2D eigenvalue weighted by Crippen LogP contribution is -2.52. The average Bonchev–Trinajstić information content (AvgIpc) is 3.66. The Hall–Kier alpha value is -4.42. The van der Waals surface area contributed by atoms with E-state index in [1.807, 2.05) is 60.7 Å². The van der Waals surface area contributed by atoms with E-state index in [-0.39, 0.29) is 35.9 Å². The summed E-state index contributed by atoms with van der Waals surface area (Å²) >= 11 is 0. The number of amides is 3. The molecule has 0 unspecified atom stereocenters. The lowest BCUT2D eigenvalue weighted by molar-refractivity contribution is -0.137. The predicted octanol–water partition coefficient (Wildman–Crippen LogP) is 2.97. The number of aromatic nitrogens is 1. The molecule has 39 heavy (non-hydrogen) atoms. The Kier molecular flexibility index (Phi) is 9.13. The summed E-state index contributed by atoms with van der Waals surface area (Å²) in [6.45, 7) is 2.17. The second-order valence-electron chi connectivity index (χ2n) is 9.47. The minimum absolute atomic E-state index is 0.0594. The number of nitrogens with one attached hydrogen (secondary N) is 3. The number of likely N-dealkylation sites (tertiary alicyclic amines) is 1. The summed E-state index contributed by atoms with van der Waals surface area (Å²) in [6.07, 6.45) is 8.22. The van der Waals surface area contributed by atoms with E-state index in [2.05, 4.69) is 26.9 Å². The van der Waals surface area contributed by atoms with Gasteiger partial charge in [0.25, 0.3) is 5.91 Å². The molecule has 0 spiro atoms. The van der Waals surface area contributed by atoms with Crippen LogP contribution in [0.15, 0.2) is 71.3 Å². The van der Waals surface area contributed by atoms with Gasteiger partial charge in [0.15, 0.2) is 5.69 Å². The zero-order valence-electron chi connectivity index (χ0n) is 22.1. The molecule has 0 radical (unpaired) electrons. The predicted molar refractivity (Wildman–Crippen MR) is 146 cm³/mol. The second kappa shape index (κ2) is 12.9. The number of carbonyl (C=O) groups excluding carboxylic acids is 3. The normalized spacial score (nSPS) is 16.4. The van der Waals surface area contributed by atoms with Gasteiger partial charge in [-0.25, -0.2) is 4.98 Å². The van der Waals surface area contributed by atoms with Gasteiger partial charge in [-0.3, -0.25) is 14.4 Å². The molecule has 202 valence electrons. The zero-order chi connectivity index (χ0) is 27.8. The van der Waals surface area contributed by atoms with Crippen LogP contribution in [0.25, 0.3) is 0 Å². The highest BCUT2D eigenvalue weighted by molar-refractivity contribution is 5.92. The molecule has 1 aliphatic heterocycles. The molecule has 0 bridgehead atoms. The lowest BCUT2D eigenvalue weighted by Gasteiger charge is -2.27. The van der Waals surface area contributed by atoms with Crippen molar-refractivity contribution >= 4 is 17.7 Å². The van der Waals surface area contributed by atoms with E-state index in [0.29, 0.717) is 13.0 Å².